The highest BCUT2D eigenvalue weighted by Gasteiger charge is 2.31. The van der Waals surface area contributed by atoms with E-state index in [1.807, 2.05) is 36.4 Å². The predicted octanol–water partition coefficient (Wildman–Crippen LogP) is 3.50. The number of carbonyl (C=O) groups is 2. The molecule has 2 N–H and O–H groups in total. The summed E-state index contributed by atoms with van der Waals surface area (Å²) >= 11 is 0. The van der Waals surface area contributed by atoms with Crippen molar-refractivity contribution in [2.45, 2.75) is 6.42 Å². The fourth-order valence-corrected chi connectivity index (χ4v) is 4.17. The summed E-state index contributed by atoms with van der Waals surface area (Å²) in [5.74, 6) is -0.339. The van der Waals surface area contributed by atoms with Gasteiger partial charge >= 0.3 is 0 Å². The summed E-state index contributed by atoms with van der Waals surface area (Å²) < 4.78 is 0. The molecule has 2 amide bonds. The van der Waals surface area contributed by atoms with E-state index in [2.05, 4.69) is 38.5 Å². The zero-order valence-corrected chi connectivity index (χ0v) is 17.7. The Labute approximate surface area is 185 Å². The van der Waals surface area contributed by atoms with Gasteiger partial charge in [0.05, 0.1) is 11.6 Å². The van der Waals surface area contributed by atoms with Crippen molar-refractivity contribution in [1.82, 2.24) is 25.2 Å². The minimum atomic E-state index is -0.161. The smallest absolute Gasteiger partial charge is 0.272 e. The average molecular weight is 425 g/mol. The molecule has 1 atom stereocenters. The molecule has 160 valence electrons. The summed E-state index contributed by atoms with van der Waals surface area (Å²) in [6, 6.07) is 19.6. The van der Waals surface area contributed by atoms with E-state index < -0.39 is 0 Å². The molecule has 0 saturated carbocycles. The number of likely N-dealkylation sites (tertiary alicyclic amines) is 1. The van der Waals surface area contributed by atoms with Gasteiger partial charge in [-0.3, -0.25) is 9.59 Å². The molecule has 0 bridgehead atoms. The summed E-state index contributed by atoms with van der Waals surface area (Å²) in [5.41, 5.74) is 4.81. The number of aromatic amines is 1. The largest absolute Gasteiger partial charge is 0.359 e. The maximum atomic E-state index is 13.0. The Balaban J connectivity index is 1.40. The topological polar surface area (TPSA) is 91.0 Å². The highest BCUT2D eigenvalue weighted by molar-refractivity contribution is 5.94. The monoisotopic (exact) mass is 425 g/mol. The highest BCUT2D eigenvalue weighted by atomic mass is 16.2. The van der Waals surface area contributed by atoms with Gasteiger partial charge in [0.15, 0.2) is 0 Å². The van der Waals surface area contributed by atoms with Crippen LogP contribution in [0.1, 0.15) is 16.9 Å². The number of hydrogen-bond donors (Lipinski definition) is 2. The number of pyridine rings is 2. The van der Waals surface area contributed by atoms with E-state index in [1.165, 1.54) is 0 Å². The van der Waals surface area contributed by atoms with Crippen LogP contribution in [-0.4, -0.2) is 51.8 Å². The van der Waals surface area contributed by atoms with Crippen molar-refractivity contribution < 1.29 is 9.59 Å². The van der Waals surface area contributed by atoms with Crippen molar-refractivity contribution in [1.29, 1.82) is 0 Å². The van der Waals surface area contributed by atoms with Crippen molar-refractivity contribution in [3.63, 3.8) is 0 Å². The van der Waals surface area contributed by atoms with Crippen LogP contribution in [0.25, 0.3) is 33.5 Å². The molecule has 1 aromatic carbocycles. The standard InChI is InChI=1S/C25H23N5O2/c1-26-24(31)17-10-11-30(15-17)25(32)21-9-5-8-20(28-21)19-12-18-13-22(29-23(18)27-14-19)16-6-3-2-4-7-16/h2-9,12-14,17H,10-11,15H2,1H3,(H,26,31)(H,27,29). The van der Waals surface area contributed by atoms with E-state index in [9.17, 15) is 9.59 Å². The van der Waals surface area contributed by atoms with Crippen molar-refractivity contribution in [2.75, 3.05) is 20.1 Å². The van der Waals surface area contributed by atoms with Gasteiger partial charge in [-0.25, -0.2) is 9.97 Å². The van der Waals surface area contributed by atoms with Gasteiger partial charge in [-0.15, -0.1) is 0 Å². The number of carbonyl (C=O) groups excluding carboxylic acids is 2. The lowest BCUT2D eigenvalue weighted by Gasteiger charge is -2.16. The lowest BCUT2D eigenvalue weighted by atomic mass is 10.1. The van der Waals surface area contributed by atoms with E-state index >= 15 is 0 Å². The number of nitrogens with zero attached hydrogens (tertiary/aromatic N) is 3. The van der Waals surface area contributed by atoms with E-state index in [4.69, 9.17) is 0 Å². The third-order valence-corrected chi connectivity index (χ3v) is 5.91. The van der Waals surface area contributed by atoms with E-state index in [-0.39, 0.29) is 17.7 Å². The maximum absolute atomic E-state index is 13.0. The number of rotatable bonds is 4. The first-order chi connectivity index (χ1) is 15.6. The third-order valence-electron chi connectivity index (χ3n) is 5.91. The Morgan fingerprint density at radius 1 is 1.06 bits per heavy atom. The summed E-state index contributed by atoms with van der Waals surface area (Å²) in [6.07, 6.45) is 2.44. The van der Waals surface area contributed by atoms with Crippen molar-refractivity contribution in [2.24, 2.45) is 5.92 Å². The number of fused-ring (bicyclic) bond motifs is 1. The van der Waals surface area contributed by atoms with Crippen LogP contribution in [0.2, 0.25) is 0 Å². The minimum Gasteiger partial charge on any atom is -0.359 e. The SMILES string of the molecule is CNC(=O)C1CCN(C(=O)c2cccc(-c3cnc4[nH]c(-c5ccccc5)cc4c3)n2)C1. The first kappa shape index (κ1) is 19.9. The Kier molecular flexibility index (Phi) is 5.15. The fourth-order valence-electron chi connectivity index (χ4n) is 4.17. The molecule has 1 aliphatic heterocycles. The van der Waals surface area contributed by atoms with E-state index in [0.717, 1.165) is 27.9 Å². The van der Waals surface area contributed by atoms with Crippen LogP contribution >= 0.6 is 0 Å². The van der Waals surface area contributed by atoms with Crippen LogP contribution in [0.4, 0.5) is 0 Å². The highest BCUT2D eigenvalue weighted by Crippen LogP contribution is 2.27. The van der Waals surface area contributed by atoms with Gasteiger partial charge in [0, 0.05) is 43.0 Å². The molecule has 1 fully saturated rings. The second kappa shape index (κ2) is 8.26. The van der Waals surface area contributed by atoms with Crippen LogP contribution in [-0.2, 0) is 4.79 Å². The Morgan fingerprint density at radius 3 is 2.72 bits per heavy atom. The maximum Gasteiger partial charge on any atom is 0.272 e. The molecule has 1 unspecified atom stereocenters. The Morgan fingerprint density at radius 2 is 1.91 bits per heavy atom. The Bertz CT molecular complexity index is 1300. The molecule has 4 heterocycles. The number of amides is 2. The average Bonchev–Trinajstić information content (AvgIpc) is 3.51. The summed E-state index contributed by atoms with van der Waals surface area (Å²) in [5, 5.41) is 3.64. The molecule has 7 heteroatoms. The van der Waals surface area contributed by atoms with Gasteiger partial charge in [-0.05, 0) is 36.2 Å². The number of hydrogen-bond acceptors (Lipinski definition) is 4. The molecule has 7 nitrogen and oxygen atoms in total. The van der Waals surface area contributed by atoms with Gasteiger partial charge in [-0.1, -0.05) is 36.4 Å². The van der Waals surface area contributed by atoms with E-state index in [0.29, 0.717) is 30.9 Å². The van der Waals surface area contributed by atoms with Gasteiger partial charge in [0.25, 0.3) is 5.91 Å². The first-order valence-corrected chi connectivity index (χ1v) is 10.6. The molecule has 1 saturated heterocycles. The van der Waals surface area contributed by atoms with E-state index in [1.54, 1.807) is 24.2 Å². The first-order valence-electron chi connectivity index (χ1n) is 10.6. The summed E-state index contributed by atoms with van der Waals surface area (Å²) in [6.45, 7) is 0.978. The zero-order valence-electron chi connectivity index (χ0n) is 17.7. The molecule has 0 radical (unpaired) electrons. The fraction of sp³-hybridized carbons (Fsp3) is 0.200. The molecular formula is C25H23N5O2. The van der Waals surface area contributed by atoms with Crippen LogP contribution in [0, 0.1) is 5.92 Å². The zero-order chi connectivity index (χ0) is 22.1. The van der Waals surface area contributed by atoms with Crippen LogP contribution in [0.15, 0.2) is 66.9 Å². The van der Waals surface area contributed by atoms with Gasteiger partial charge in [-0.2, -0.15) is 0 Å². The quantitative estimate of drug-likeness (QED) is 0.524. The van der Waals surface area contributed by atoms with Crippen LogP contribution < -0.4 is 5.32 Å². The van der Waals surface area contributed by atoms with Crippen molar-refractivity contribution in [3.05, 3.63) is 72.6 Å². The molecule has 5 rings (SSSR count). The number of nitrogens with one attached hydrogen (secondary N) is 2. The van der Waals surface area contributed by atoms with Crippen LogP contribution in [0.3, 0.4) is 0 Å². The number of aromatic nitrogens is 3. The van der Waals surface area contributed by atoms with Gasteiger partial charge in [0.2, 0.25) is 5.91 Å². The lowest BCUT2D eigenvalue weighted by molar-refractivity contribution is -0.124. The number of benzene rings is 1. The van der Waals surface area contributed by atoms with Crippen molar-refractivity contribution >= 4 is 22.8 Å². The molecule has 1 aliphatic rings. The lowest BCUT2D eigenvalue weighted by Crippen LogP contribution is -2.33. The van der Waals surface area contributed by atoms with Gasteiger partial charge < -0.3 is 15.2 Å². The summed E-state index contributed by atoms with van der Waals surface area (Å²) in [4.78, 5) is 39.1. The molecule has 0 spiro atoms. The molecule has 4 aromatic rings. The normalized spacial score (nSPS) is 15.8. The van der Waals surface area contributed by atoms with Gasteiger partial charge in [0.1, 0.15) is 11.3 Å². The van der Waals surface area contributed by atoms with Crippen molar-refractivity contribution in [3.8, 4) is 22.5 Å². The summed E-state index contributed by atoms with van der Waals surface area (Å²) in [7, 11) is 1.62. The minimum absolute atomic E-state index is 0.0252. The second-order valence-electron chi connectivity index (χ2n) is 7.97. The second-order valence-corrected chi connectivity index (χ2v) is 7.97. The third kappa shape index (κ3) is 3.73. The predicted molar refractivity (Wildman–Crippen MR) is 123 cm³/mol. The van der Waals surface area contributed by atoms with Crippen LogP contribution in [0.5, 0.6) is 0 Å². The molecule has 32 heavy (non-hydrogen) atoms. The Hall–Kier alpha value is -4.00. The number of H-pyrrole nitrogens is 1. The molecule has 0 aliphatic carbocycles. The molecular weight excluding hydrogens is 402 g/mol. The molecule has 3 aromatic heterocycles.